The minimum absolute atomic E-state index is 0.0346. The number of hydrogen-bond acceptors (Lipinski definition) is 12. The second-order valence-corrected chi connectivity index (χ2v) is 17.9. The third-order valence-electron chi connectivity index (χ3n) is 7.37. The average Bonchev–Trinajstić information content (AvgIpc) is 3.52. The Hall–Kier alpha value is -3.61. The third kappa shape index (κ3) is 16.4. The topological polar surface area (TPSA) is 191 Å². The summed E-state index contributed by atoms with van der Waals surface area (Å²) in [5.41, 5.74) is -0.421. The number of aryl methyl sites for hydroxylation is 1. The molecule has 2 saturated heterocycles. The quantitative estimate of drug-likeness (QED) is 0.393. The molecule has 2 aliphatic heterocycles. The van der Waals surface area contributed by atoms with Crippen LogP contribution < -0.4 is 0 Å². The van der Waals surface area contributed by atoms with Gasteiger partial charge in [-0.25, -0.2) is 9.59 Å². The first-order chi connectivity index (χ1) is 22.5. The van der Waals surface area contributed by atoms with Crippen LogP contribution in [-0.2, 0) is 43.0 Å². The Bertz CT molecular complexity index is 1410. The van der Waals surface area contributed by atoms with E-state index in [4.69, 9.17) is 32.8 Å². The highest BCUT2D eigenvalue weighted by atomic mass is 32.2. The smallest absolute Gasteiger partial charge is 0.410 e. The number of β-amino-alcohol motifs (C(OH)–C–C–N with tert-alkyl or cyclic N) is 1. The van der Waals surface area contributed by atoms with Crippen LogP contribution in [-0.4, -0.2) is 96.4 Å². The summed E-state index contributed by atoms with van der Waals surface area (Å²) in [7, 11) is -3.89. The number of amides is 2. The number of hydrogen-bond donors (Lipinski definition) is 1. The summed E-state index contributed by atoms with van der Waals surface area (Å²) in [6.45, 7) is 25.7. The van der Waals surface area contributed by atoms with E-state index >= 15 is 0 Å². The number of aliphatic hydroxyl groups excluding tert-OH is 1. The maximum atomic E-state index is 12.6. The van der Waals surface area contributed by atoms with E-state index in [0.29, 0.717) is 19.4 Å². The van der Waals surface area contributed by atoms with Gasteiger partial charge >= 0.3 is 24.5 Å². The number of benzene rings is 1. The zero-order valence-corrected chi connectivity index (χ0v) is 32.5. The van der Waals surface area contributed by atoms with Gasteiger partial charge in [-0.2, -0.15) is 27.6 Å². The second kappa shape index (κ2) is 18.6. The predicted molar refractivity (Wildman–Crippen MR) is 181 cm³/mol. The lowest BCUT2D eigenvalue weighted by Crippen LogP contribution is -2.45. The molecule has 1 aromatic carbocycles. The van der Waals surface area contributed by atoms with Gasteiger partial charge in [0.05, 0.1) is 30.2 Å². The van der Waals surface area contributed by atoms with Crippen LogP contribution >= 0.6 is 0 Å². The van der Waals surface area contributed by atoms with Crippen molar-refractivity contribution >= 4 is 34.6 Å². The van der Waals surface area contributed by atoms with E-state index in [9.17, 15) is 23.1 Å². The highest BCUT2D eigenvalue weighted by Crippen LogP contribution is 2.36. The van der Waals surface area contributed by atoms with Gasteiger partial charge < -0.3 is 24.4 Å². The Labute approximate surface area is 296 Å². The highest BCUT2D eigenvalue weighted by Gasteiger charge is 2.45. The minimum atomic E-state index is -3.89. The van der Waals surface area contributed by atoms with Crippen LogP contribution in [0.4, 0.5) is 9.59 Å². The van der Waals surface area contributed by atoms with Gasteiger partial charge in [0.1, 0.15) is 11.2 Å². The average molecular weight is 729 g/mol. The van der Waals surface area contributed by atoms with Crippen molar-refractivity contribution in [3.05, 3.63) is 29.8 Å². The molecule has 2 fully saturated rings. The van der Waals surface area contributed by atoms with E-state index in [0.717, 1.165) is 5.56 Å². The summed E-state index contributed by atoms with van der Waals surface area (Å²) < 4.78 is 41.6. The summed E-state index contributed by atoms with van der Waals surface area (Å²) in [4.78, 5) is 60.6. The Morgan fingerprint density at radius 3 is 1.42 bits per heavy atom. The maximum Gasteiger partial charge on any atom is 0.410 e. The molecule has 2 aliphatic rings. The van der Waals surface area contributed by atoms with Crippen molar-refractivity contribution in [1.82, 2.24) is 9.80 Å². The minimum Gasteiger partial charge on any atom is -0.444 e. The fourth-order valence-electron chi connectivity index (χ4n) is 5.31. The molecule has 0 saturated carbocycles. The number of carbonyl (C=O) groups excluding carboxylic acids is 6. The summed E-state index contributed by atoms with van der Waals surface area (Å²) in [6, 6.07) is 6.39. The van der Waals surface area contributed by atoms with E-state index in [1.54, 1.807) is 21.9 Å². The van der Waals surface area contributed by atoms with Crippen LogP contribution in [0.25, 0.3) is 0 Å². The normalized spacial score (nSPS) is 20.8. The monoisotopic (exact) mass is 728 g/mol. The Morgan fingerprint density at radius 1 is 0.700 bits per heavy atom. The first kappa shape index (κ1) is 46.4. The van der Waals surface area contributed by atoms with Crippen LogP contribution in [0.3, 0.4) is 0 Å². The fraction of sp³-hybridized carbons (Fsp3) is 0.714. The molecule has 0 spiro atoms. The van der Waals surface area contributed by atoms with Crippen molar-refractivity contribution in [3.63, 3.8) is 0 Å². The molecule has 2 amide bonds. The molecule has 50 heavy (non-hydrogen) atoms. The van der Waals surface area contributed by atoms with Crippen molar-refractivity contribution in [2.45, 2.75) is 143 Å². The number of nitrogens with zero attached hydrogens (tertiary/aromatic N) is 2. The van der Waals surface area contributed by atoms with Gasteiger partial charge in [-0.15, -0.1) is 0 Å². The third-order valence-corrected chi connectivity index (χ3v) is 8.74. The summed E-state index contributed by atoms with van der Waals surface area (Å²) >= 11 is 0. The van der Waals surface area contributed by atoms with E-state index in [1.165, 1.54) is 12.1 Å². The zero-order valence-electron chi connectivity index (χ0n) is 31.7. The summed E-state index contributed by atoms with van der Waals surface area (Å²) in [5, 5.41) is 9.73. The zero-order chi connectivity index (χ0) is 39.5. The molecular weight excluding hydrogens is 672 g/mol. The largest absolute Gasteiger partial charge is 0.444 e. The lowest BCUT2D eigenvalue weighted by molar-refractivity contribution is -0.193. The SMILES string of the molecule is CC(C)(C)OC(=O)N1C[C@H](O)C[C@H]1C(C)(C)C.Cc1ccc(S(=O)(=O)O[C@@H]2C[C@@H](C(C)(C)C)N(C(=O)OC(C)(C)C)C2)cc1.O=C=O.O=C=O. The number of rotatable bonds is 3. The highest BCUT2D eigenvalue weighted by molar-refractivity contribution is 7.86. The molecule has 0 aliphatic carbocycles. The van der Waals surface area contributed by atoms with Crippen LogP contribution in [0.2, 0.25) is 0 Å². The molecule has 2 heterocycles. The van der Waals surface area contributed by atoms with Crippen molar-refractivity contribution in [3.8, 4) is 0 Å². The summed E-state index contributed by atoms with van der Waals surface area (Å²) in [6.07, 6.45) is -0.244. The van der Waals surface area contributed by atoms with Gasteiger partial charge in [-0.3, -0.25) is 4.18 Å². The fourth-order valence-corrected chi connectivity index (χ4v) is 6.39. The van der Waals surface area contributed by atoms with E-state index < -0.39 is 39.6 Å². The van der Waals surface area contributed by atoms with E-state index in [-0.39, 0.29) is 52.8 Å². The molecule has 0 unspecified atom stereocenters. The summed E-state index contributed by atoms with van der Waals surface area (Å²) in [5.74, 6) is 0. The molecule has 15 heteroatoms. The van der Waals surface area contributed by atoms with Crippen molar-refractivity contribution in [1.29, 1.82) is 0 Å². The van der Waals surface area contributed by atoms with Crippen molar-refractivity contribution in [2.75, 3.05) is 13.1 Å². The Balaban J connectivity index is 0.000000891. The molecule has 0 bridgehead atoms. The molecule has 3 rings (SSSR count). The lowest BCUT2D eigenvalue weighted by Gasteiger charge is -2.35. The van der Waals surface area contributed by atoms with Gasteiger partial charge in [0.15, 0.2) is 0 Å². The Morgan fingerprint density at radius 2 is 1.06 bits per heavy atom. The Kier molecular flexibility index (Phi) is 17.2. The van der Waals surface area contributed by atoms with Crippen LogP contribution in [0, 0.1) is 17.8 Å². The number of aliphatic hydroxyl groups is 1. The molecule has 0 aromatic heterocycles. The van der Waals surface area contributed by atoms with Crippen molar-refractivity contribution < 1.29 is 55.9 Å². The lowest BCUT2D eigenvalue weighted by atomic mass is 9.85. The van der Waals surface area contributed by atoms with Gasteiger partial charge in [0.2, 0.25) is 0 Å². The van der Waals surface area contributed by atoms with Crippen LogP contribution in [0.5, 0.6) is 0 Å². The standard InChI is InChI=1S/C20H31NO5S.C13H25NO3.2CO2/c1-14-8-10-16(11-9-14)27(23,24)26-15-12-17(19(2,3)4)21(13-15)18(22)25-20(5,6)7;1-12(2,3)10-7-9(15)8-14(10)11(16)17-13(4,5)6;2*2-1-3/h8-11,15,17H,12-13H2,1-7H3;9-10,15H,7-8H2,1-6H3;;/t15-,17+;9-,10+;;/m11../s1. The maximum absolute atomic E-state index is 12.6. The van der Waals surface area contributed by atoms with E-state index in [2.05, 4.69) is 20.8 Å². The van der Waals surface area contributed by atoms with Gasteiger partial charge in [-0.1, -0.05) is 59.2 Å². The molecule has 1 N–H and O–H groups in total. The van der Waals surface area contributed by atoms with Crippen LogP contribution in [0.15, 0.2) is 29.2 Å². The van der Waals surface area contributed by atoms with Gasteiger partial charge in [-0.05, 0) is 84.3 Å². The van der Waals surface area contributed by atoms with Crippen LogP contribution in [0.1, 0.15) is 101 Å². The predicted octanol–water partition coefficient (Wildman–Crippen LogP) is 5.36. The van der Waals surface area contributed by atoms with Gasteiger partial charge in [0, 0.05) is 12.1 Å². The molecule has 1 aromatic rings. The molecule has 4 atom stereocenters. The first-order valence-corrected chi connectivity index (χ1v) is 17.6. The second-order valence-electron chi connectivity index (χ2n) is 16.3. The first-order valence-electron chi connectivity index (χ1n) is 16.2. The van der Waals surface area contributed by atoms with Gasteiger partial charge in [0.25, 0.3) is 10.1 Å². The molecular formula is C35H56N2O12S. The number of carbonyl (C=O) groups is 2. The number of likely N-dealkylation sites (tertiary alicyclic amines) is 2. The molecule has 284 valence electrons. The molecule has 0 radical (unpaired) electrons. The van der Waals surface area contributed by atoms with Crippen molar-refractivity contribution in [2.24, 2.45) is 10.8 Å². The van der Waals surface area contributed by atoms with E-state index in [1.807, 2.05) is 69.2 Å². The molecule has 14 nitrogen and oxygen atoms in total. The number of ether oxygens (including phenoxy) is 2.